The van der Waals surface area contributed by atoms with Gasteiger partial charge in [0.25, 0.3) is 0 Å². The lowest BCUT2D eigenvalue weighted by Gasteiger charge is -2.19. The molecule has 1 heterocycles. The van der Waals surface area contributed by atoms with E-state index in [0.717, 1.165) is 23.6 Å². The summed E-state index contributed by atoms with van der Waals surface area (Å²) in [6.07, 6.45) is 0.754. The quantitative estimate of drug-likeness (QED) is 0.919. The van der Waals surface area contributed by atoms with Gasteiger partial charge in [-0.15, -0.1) is 10.2 Å². The van der Waals surface area contributed by atoms with Gasteiger partial charge in [-0.3, -0.25) is 0 Å². The Morgan fingerprint density at radius 2 is 1.74 bits per heavy atom. The minimum atomic E-state index is 0.170. The van der Waals surface area contributed by atoms with Crippen molar-refractivity contribution in [2.45, 2.75) is 32.6 Å². The number of hydrogen-bond acceptors (Lipinski definition) is 3. The molecule has 0 fully saturated rings. The molecule has 1 aromatic carbocycles. The smallest absolute Gasteiger partial charge is 0.163 e. The van der Waals surface area contributed by atoms with Gasteiger partial charge >= 0.3 is 0 Å². The standard InChI is InChI=1S/C15H22N4/c1-15(2,3)12-7-5-11(6-8-12)14-18-17-13(9-10-16)19(14)4/h5-8H,9-10,16H2,1-4H3. The van der Waals surface area contributed by atoms with Gasteiger partial charge in [0.15, 0.2) is 5.82 Å². The zero-order chi connectivity index (χ0) is 14.0. The molecule has 0 amide bonds. The van der Waals surface area contributed by atoms with Crippen LogP contribution >= 0.6 is 0 Å². The van der Waals surface area contributed by atoms with Gasteiger partial charge in [0.1, 0.15) is 5.82 Å². The van der Waals surface area contributed by atoms with Crippen molar-refractivity contribution in [2.75, 3.05) is 6.54 Å². The van der Waals surface area contributed by atoms with Gasteiger partial charge in [0.05, 0.1) is 0 Å². The molecule has 4 nitrogen and oxygen atoms in total. The van der Waals surface area contributed by atoms with E-state index in [4.69, 9.17) is 5.73 Å². The van der Waals surface area contributed by atoms with E-state index in [1.807, 2.05) is 11.6 Å². The first kappa shape index (κ1) is 13.7. The number of rotatable bonds is 3. The highest BCUT2D eigenvalue weighted by Gasteiger charge is 2.15. The molecule has 0 saturated heterocycles. The Morgan fingerprint density at radius 1 is 1.11 bits per heavy atom. The zero-order valence-electron chi connectivity index (χ0n) is 12.1. The first-order valence-electron chi connectivity index (χ1n) is 6.62. The lowest BCUT2D eigenvalue weighted by atomic mass is 9.87. The van der Waals surface area contributed by atoms with E-state index in [1.165, 1.54) is 5.56 Å². The van der Waals surface area contributed by atoms with Gasteiger partial charge in [0.2, 0.25) is 0 Å². The second-order valence-corrected chi connectivity index (χ2v) is 5.86. The van der Waals surface area contributed by atoms with E-state index in [0.29, 0.717) is 6.54 Å². The molecule has 0 unspecified atom stereocenters. The van der Waals surface area contributed by atoms with E-state index >= 15 is 0 Å². The van der Waals surface area contributed by atoms with Gasteiger partial charge < -0.3 is 10.3 Å². The Morgan fingerprint density at radius 3 is 2.26 bits per heavy atom. The number of aromatic nitrogens is 3. The average Bonchev–Trinajstić information content (AvgIpc) is 2.71. The Hall–Kier alpha value is -1.68. The van der Waals surface area contributed by atoms with E-state index in [-0.39, 0.29) is 5.41 Å². The average molecular weight is 258 g/mol. The Bertz CT molecular complexity index is 547. The van der Waals surface area contributed by atoms with Crippen molar-refractivity contribution >= 4 is 0 Å². The minimum absolute atomic E-state index is 0.170. The molecule has 4 heteroatoms. The predicted molar refractivity (Wildman–Crippen MR) is 77.9 cm³/mol. The molecule has 2 aromatic rings. The van der Waals surface area contributed by atoms with Crippen molar-refractivity contribution in [2.24, 2.45) is 12.8 Å². The monoisotopic (exact) mass is 258 g/mol. The molecular weight excluding hydrogens is 236 g/mol. The molecule has 0 radical (unpaired) electrons. The molecule has 1 aromatic heterocycles. The minimum Gasteiger partial charge on any atom is -0.330 e. The topological polar surface area (TPSA) is 56.7 Å². The summed E-state index contributed by atoms with van der Waals surface area (Å²) in [6, 6.07) is 8.53. The fourth-order valence-corrected chi connectivity index (χ4v) is 2.08. The van der Waals surface area contributed by atoms with Crippen LogP contribution in [0.2, 0.25) is 0 Å². The fourth-order valence-electron chi connectivity index (χ4n) is 2.08. The van der Waals surface area contributed by atoms with Crippen LogP contribution < -0.4 is 5.73 Å². The maximum atomic E-state index is 5.56. The van der Waals surface area contributed by atoms with Crippen LogP contribution in [0.4, 0.5) is 0 Å². The van der Waals surface area contributed by atoms with Crippen LogP contribution in [-0.2, 0) is 18.9 Å². The lowest BCUT2D eigenvalue weighted by Crippen LogP contribution is -2.10. The SMILES string of the molecule is Cn1c(CCN)nnc1-c1ccc(C(C)(C)C)cc1. The summed E-state index contributed by atoms with van der Waals surface area (Å²) in [5, 5.41) is 8.44. The number of nitrogens with two attached hydrogens (primary N) is 1. The van der Waals surface area contributed by atoms with Gasteiger partial charge in [-0.05, 0) is 17.5 Å². The van der Waals surface area contributed by atoms with Crippen molar-refractivity contribution in [1.29, 1.82) is 0 Å². The molecule has 102 valence electrons. The lowest BCUT2D eigenvalue weighted by molar-refractivity contribution is 0.590. The zero-order valence-corrected chi connectivity index (χ0v) is 12.1. The Kier molecular flexibility index (Phi) is 3.71. The Labute approximate surface area is 114 Å². The predicted octanol–water partition coefficient (Wildman–Crippen LogP) is 2.28. The third kappa shape index (κ3) is 2.84. The largest absolute Gasteiger partial charge is 0.330 e. The first-order valence-corrected chi connectivity index (χ1v) is 6.62. The van der Waals surface area contributed by atoms with Crippen molar-refractivity contribution in [3.8, 4) is 11.4 Å². The van der Waals surface area contributed by atoms with Crippen LogP contribution in [0.3, 0.4) is 0 Å². The highest BCUT2D eigenvalue weighted by atomic mass is 15.3. The van der Waals surface area contributed by atoms with Crippen LogP contribution in [0.25, 0.3) is 11.4 Å². The molecule has 0 saturated carbocycles. The second-order valence-electron chi connectivity index (χ2n) is 5.86. The number of nitrogens with zero attached hydrogens (tertiary/aromatic N) is 3. The normalized spacial score (nSPS) is 11.8. The third-order valence-corrected chi connectivity index (χ3v) is 3.34. The van der Waals surface area contributed by atoms with E-state index in [1.54, 1.807) is 0 Å². The molecule has 0 spiro atoms. The van der Waals surface area contributed by atoms with Crippen molar-refractivity contribution < 1.29 is 0 Å². The maximum absolute atomic E-state index is 5.56. The van der Waals surface area contributed by atoms with Gasteiger partial charge in [0, 0.05) is 19.0 Å². The van der Waals surface area contributed by atoms with Crippen molar-refractivity contribution in [3.63, 3.8) is 0 Å². The molecule has 19 heavy (non-hydrogen) atoms. The maximum Gasteiger partial charge on any atom is 0.163 e. The second kappa shape index (κ2) is 5.13. The molecule has 2 N–H and O–H groups in total. The van der Waals surface area contributed by atoms with Crippen molar-refractivity contribution in [3.05, 3.63) is 35.7 Å². The summed E-state index contributed by atoms with van der Waals surface area (Å²) in [5.74, 6) is 1.82. The van der Waals surface area contributed by atoms with Crippen LogP contribution in [0.15, 0.2) is 24.3 Å². The molecule has 2 rings (SSSR count). The third-order valence-electron chi connectivity index (χ3n) is 3.34. The van der Waals surface area contributed by atoms with Crippen LogP contribution in [0, 0.1) is 0 Å². The summed E-state index contributed by atoms with van der Waals surface area (Å²) in [6.45, 7) is 7.23. The van der Waals surface area contributed by atoms with E-state index < -0.39 is 0 Å². The molecule has 0 aliphatic carbocycles. The molecule has 0 bridgehead atoms. The Balaban J connectivity index is 2.32. The van der Waals surface area contributed by atoms with E-state index in [9.17, 15) is 0 Å². The van der Waals surface area contributed by atoms with E-state index in [2.05, 4.69) is 55.2 Å². The van der Waals surface area contributed by atoms with Crippen molar-refractivity contribution in [1.82, 2.24) is 14.8 Å². The van der Waals surface area contributed by atoms with Gasteiger partial charge in [-0.25, -0.2) is 0 Å². The highest BCUT2D eigenvalue weighted by molar-refractivity contribution is 5.56. The summed E-state index contributed by atoms with van der Waals surface area (Å²) < 4.78 is 2.01. The molecule has 0 aliphatic rings. The number of hydrogen-bond donors (Lipinski definition) is 1. The fraction of sp³-hybridized carbons (Fsp3) is 0.467. The summed E-state index contributed by atoms with van der Waals surface area (Å²) in [5.41, 5.74) is 8.14. The first-order chi connectivity index (χ1) is 8.93. The van der Waals surface area contributed by atoms with Crippen LogP contribution in [0.5, 0.6) is 0 Å². The number of benzene rings is 1. The summed E-state index contributed by atoms with van der Waals surface area (Å²) >= 11 is 0. The van der Waals surface area contributed by atoms with Gasteiger partial charge in [-0.2, -0.15) is 0 Å². The van der Waals surface area contributed by atoms with Gasteiger partial charge in [-0.1, -0.05) is 45.0 Å². The van der Waals surface area contributed by atoms with Crippen LogP contribution in [-0.4, -0.2) is 21.3 Å². The highest BCUT2D eigenvalue weighted by Crippen LogP contribution is 2.25. The molecule has 0 aliphatic heterocycles. The molecule has 0 atom stereocenters. The van der Waals surface area contributed by atoms with Crippen LogP contribution in [0.1, 0.15) is 32.2 Å². The summed E-state index contributed by atoms with van der Waals surface area (Å²) in [7, 11) is 1.98. The molecular formula is C15H22N4. The summed E-state index contributed by atoms with van der Waals surface area (Å²) in [4.78, 5) is 0.